The average Bonchev–Trinajstić information content (AvgIpc) is 3.11. The molecule has 1 aromatic heterocycles. The van der Waals surface area contributed by atoms with Gasteiger partial charge >= 0.3 is 0 Å². The maximum atomic E-state index is 12.7. The molecule has 0 aliphatic carbocycles. The Bertz CT molecular complexity index is 790. The fourth-order valence-corrected chi connectivity index (χ4v) is 3.85. The van der Waals surface area contributed by atoms with Crippen molar-refractivity contribution in [3.63, 3.8) is 0 Å². The normalized spacial score (nSPS) is 20.5. The van der Waals surface area contributed by atoms with Gasteiger partial charge in [0.1, 0.15) is 11.4 Å². The Balaban J connectivity index is 1.32. The summed E-state index contributed by atoms with van der Waals surface area (Å²) in [6.07, 6.45) is 4.51. The van der Waals surface area contributed by atoms with Crippen LogP contribution in [0, 0.1) is 5.92 Å². The Morgan fingerprint density at radius 3 is 2.89 bits per heavy atom. The van der Waals surface area contributed by atoms with E-state index in [1.54, 1.807) is 25.6 Å². The first kappa shape index (κ1) is 17.9. The van der Waals surface area contributed by atoms with Gasteiger partial charge in [-0.1, -0.05) is 6.07 Å². The van der Waals surface area contributed by atoms with Crippen LogP contribution in [0.1, 0.15) is 22.3 Å². The Morgan fingerprint density at radius 2 is 2.11 bits per heavy atom. The molecule has 1 amide bonds. The standard InChI is InChI=1S/C21H24N2O4/c1-25-19-4-2-3-17(11-19)20(24)23-14-21(15-23)18(7-10-27-21)13-26-12-16-5-8-22-9-6-16/h2-6,8-9,11,18H,7,10,12-15H2,1H3/t18-/m0/s1. The van der Waals surface area contributed by atoms with Crippen LogP contribution in [0.4, 0.5) is 0 Å². The van der Waals surface area contributed by atoms with Gasteiger partial charge in [-0.25, -0.2) is 0 Å². The molecular formula is C21H24N2O4. The fourth-order valence-electron chi connectivity index (χ4n) is 3.85. The molecule has 142 valence electrons. The Kier molecular flexibility index (Phi) is 5.09. The number of likely N-dealkylation sites (tertiary alicyclic amines) is 1. The van der Waals surface area contributed by atoms with Crippen LogP contribution >= 0.6 is 0 Å². The lowest BCUT2D eigenvalue weighted by molar-refractivity contribution is -0.129. The Morgan fingerprint density at radius 1 is 1.30 bits per heavy atom. The first-order valence-electron chi connectivity index (χ1n) is 9.24. The van der Waals surface area contributed by atoms with Crippen LogP contribution in [0.3, 0.4) is 0 Å². The predicted molar refractivity (Wildman–Crippen MR) is 99.6 cm³/mol. The lowest BCUT2D eigenvalue weighted by Gasteiger charge is -2.50. The zero-order chi connectivity index (χ0) is 18.7. The second-order valence-electron chi connectivity index (χ2n) is 7.16. The van der Waals surface area contributed by atoms with E-state index in [-0.39, 0.29) is 11.5 Å². The number of pyridine rings is 1. The van der Waals surface area contributed by atoms with E-state index in [0.29, 0.717) is 43.5 Å². The lowest BCUT2D eigenvalue weighted by Crippen LogP contribution is -2.66. The van der Waals surface area contributed by atoms with Crippen molar-refractivity contribution in [3.05, 3.63) is 59.9 Å². The number of rotatable bonds is 6. The second kappa shape index (κ2) is 7.66. The molecule has 2 aliphatic heterocycles. The SMILES string of the molecule is COc1cccc(C(=O)N2CC3(C2)OCC[C@H]3COCc2ccncc2)c1. The Hall–Kier alpha value is -2.44. The van der Waals surface area contributed by atoms with Crippen LogP contribution in [0.15, 0.2) is 48.8 Å². The molecule has 2 fully saturated rings. The van der Waals surface area contributed by atoms with Crippen LogP contribution in [-0.2, 0) is 16.1 Å². The van der Waals surface area contributed by atoms with Crippen molar-refractivity contribution in [3.8, 4) is 5.75 Å². The number of methoxy groups -OCH3 is 1. The van der Waals surface area contributed by atoms with Gasteiger partial charge in [-0.05, 0) is 42.3 Å². The first-order valence-corrected chi connectivity index (χ1v) is 9.24. The van der Waals surface area contributed by atoms with Gasteiger partial charge in [-0.2, -0.15) is 0 Å². The molecule has 0 radical (unpaired) electrons. The molecule has 2 aliphatic rings. The summed E-state index contributed by atoms with van der Waals surface area (Å²) in [5.41, 5.74) is 1.50. The molecule has 6 heteroatoms. The molecule has 0 N–H and O–H groups in total. The minimum absolute atomic E-state index is 0.0199. The maximum absolute atomic E-state index is 12.7. The summed E-state index contributed by atoms with van der Waals surface area (Å²) >= 11 is 0. The molecule has 2 saturated heterocycles. The summed E-state index contributed by atoms with van der Waals surface area (Å²) in [7, 11) is 1.60. The fraction of sp³-hybridized carbons (Fsp3) is 0.429. The first-order chi connectivity index (χ1) is 13.2. The van der Waals surface area contributed by atoms with Gasteiger partial charge in [0.2, 0.25) is 0 Å². The van der Waals surface area contributed by atoms with E-state index >= 15 is 0 Å². The number of hydrogen-bond donors (Lipinski definition) is 0. The van der Waals surface area contributed by atoms with E-state index in [9.17, 15) is 4.79 Å². The molecule has 1 atom stereocenters. The molecule has 0 unspecified atom stereocenters. The van der Waals surface area contributed by atoms with Gasteiger partial charge < -0.3 is 19.1 Å². The smallest absolute Gasteiger partial charge is 0.254 e. The average molecular weight is 368 g/mol. The summed E-state index contributed by atoms with van der Waals surface area (Å²) in [6.45, 7) is 3.17. The summed E-state index contributed by atoms with van der Waals surface area (Å²) < 4.78 is 17.2. The summed E-state index contributed by atoms with van der Waals surface area (Å²) in [4.78, 5) is 18.6. The van der Waals surface area contributed by atoms with Gasteiger partial charge in [0.25, 0.3) is 5.91 Å². The van der Waals surface area contributed by atoms with Gasteiger partial charge in [-0.3, -0.25) is 9.78 Å². The number of nitrogens with zero attached hydrogens (tertiary/aromatic N) is 2. The molecule has 1 spiro atoms. The number of benzene rings is 1. The molecule has 6 nitrogen and oxygen atoms in total. The topological polar surface area (TPSA) is 60.9 Å². The summed E-state index contributed by atoms with van der Waals surface area (Å²) in [5.74, 6) is 1.02. The monoisotopic (exact) mass is 368 g/mol. The van der Waals surface area contributed by atoms with Gasteiger partial charge in [-0.15, -0.1) is 0 Å². The number of ether oxygens (including phenoxy) is 3. The summed E-state index contributed by atoms with van der Waals surface area (Å²) in [5, 5.41) is 0. The van der Waals surface area contributed by atoms with Crippen LogP contribution in [0.2, 0.25) is 0 Å². The van der Waals surface area contributed by atoms with Gasteiger partial charge in [0, 0.05) is 30.5 Å². The Labute approximate surface area is 159 Å². The van der Waals surface area contributed by atoms with E-state index < -0.39 is 0 Å². The molecular weight excluding hydrogens is 344 g/mol. The van der Waals surface area contributed by atoms with E-state index in [4.69, 9.17) is 14.2 Å². The third-order valence-electron chi connectivity index (χ3n) is 5.46. The quantitative estimate of drug-likeness (QED) is 0.784. The van der Waals surface area contributed by atoms with Gasteiger partial charge in [0.15, 0.2) is 0 Å². The molecule has 2 aromatic rings. The highest BCUT2D eigenvalue weighted by Crippen LogP contribution is 2.40. The largest absolute Gasteiger partial charge is 0.497 e. The highest BCUT2D eigenvalue weighted by Gasteiger charge is 2.54. The number of carbonyl (C=O) groups excluding carboxylic acids is 1. The predicted octanol–water partition coefficient (Wildman–Crippen LogP) is 2.54. The van der Waals surface area contributed by atoms with E-state index in [0.717, 1.165) is 18.6 Å². The molecule has 1 aromatic carbocycles. The third-order valence-corrected chi connectivity index (χ3v) is 5.46. The van der Waals surface area contributed by atoms with Crippen LogP contribution in [0.5, 0.6) is 5.75 Å². The summed E-state index contributed by atoms with van der Waals surface area (Å²) in [6, 6.07) is 11.2. The van der Waals surface area contributed by atoms with E-state index in [2.05, 4.69) is 4.98 Å². The van der Waals surface area contributed by atoms with E-state index in [1.165, 1.54) is 0 Å². The highest BCUT2D eigenvalue weighted by atomic mass is 16.5. The zero-order valence-electron chi connectivity index (χ0n) is 15.5. The second-order valence-corrected chi connectivity index (χ2v) is 7.16. The van der Waals surface area contributed by atoms with Crippen molar-refractivity contribution in [2.45, 2.75) is 18.6 Å². The number of aromatic nitrogens is 1. The van der Waals surface area contributed by atoms with Crippen molar-refractivity contribution in [1.29, 1.82) is 0 Å². The van der Waals surface area contributed by atoms with Crippen molar-refractivity contribution >= 4 is 5.91 Å². The number of amides is 1. The molecule has 3 heterocycles. The van der Waals surface area contributed by atoms with E-state index in [1.807, 2.05) is 35.2 Å². The minimum atomic E-state index is -0.257. The van der Waals surface area contributed by atoms with Crippen molar-refractivity contribution in [2.24, 2.45) is 5.92 Å². The zero-order valence-corrected chi connectivity index (χ0v) is 15.5. The molecule has 27 heavy (non-hydrogen) atoms. The van der Waals surface area contributed by atoms with Crippen molar-refractivity contribution in [1.82, 2.24) is 9.88 Å². The van der Waals surface area contributed by atoms with Crippen LogP contribution < -0.4 is 4.74 Å². The highest BCUT2D eigenvalue weighted by molar-refractivity contribution is 5.95. The number of hydrogen-bond acceptors (Lipinski definition) is 5. The minimum Gasteiger partial charge on any atom is -0.497 e. The van der Waals surface area contributed by atoms with Crippen LogP contribution in [0.25, 0.3) is 0 Å². The maximum Gasteiger partial charge on any atom is 0.254 e. The molecule has 4 rings (SSSR count). The van der Waals surface area contributed by atoms with Crippen LogP contribution in [-0.4, -0.2) is 54.8 Å². The molecule has 0 bridgehead atoms. The van der Waals surface area contributed by atoms with Crippen molar-refractivity contribution in [2.75, 3.05) is 33.4 Å². The lowest BCUT2D eigenvalue weighted by atomic mass is 9.81. The molecule has 0 saturated carbocycles. The van der Waals surface area contributed by atoms with Gasteiger partial charge in [0.05, 0.1) is 33.4 Å². The third kappa shape index (κ3) is 3.68. The number of carbonyl (C=O) groups is 1. The van der Waals surface area contributed by atoms with Crippen molar-refractivity contribution < 1.29 is 19.0 Å².